The molecule has 1 aliphatic heterocycles. The summed E-state index contributed by atoms with van der Waals surface area (Å²) in [5, 5.41) is 2.83. The van der Waals surface area contributed by atoms with Crippen molar-refractivity contribution in [1.29, 1.82) is 0 Å². The van der Waals surface area contributed by atoms with E-state index in [1.165, 1.54) is 12.1 Å². The van der Waals surface area contributed by atoms with Crippen LogP contribution in [0.2, 0.25) is 0 Å². The fourth-order valence-electron chi connectivity index (χ4n) is 2.18. The van der Waals surface area contributed by atoms with Gasteiger partial charge in [0.25, 0.3) is 0 Å². The largest absolute Gasteiger partial charge is 0.573 e. The van der Waals surface area contributed by atoms with Crippen molar-refractivity contribution in [3.63, 3.8) is 0 Å². The minimum atomic E-state index is -4.81. The monoisotopic (exact) mass is 387 g/mol. The van der Waals surface area contributed by atoms with Gasteiger partial charge in [-0.25, -0.2) is 8.42 Å². The van der Waals surface area contributed by atoms with Crippen LogP contribution in [-0.2, 0) is 9.84 Å². The Bertz CT molecular complexity index is 619. The lowest BCUT2D eigenvalue weighted by Gasteiger charge is -2.25. The number of hydrogen-bond donors (Lipinski definition) is 1. The molecule has 0 amide bonds. The predicted octanol–water partition coefficient (Wildman–Crippen LogP) is 3.34. The summed E-state index contributed by atoms with van der Waals surface area (Å²) in [6, 6.07) is 3.75. The van der Waals surface area contributed by atoms with Gasteiger partial charge < -0.3 is 10.1 Å². The number of hydrogen-bond acceptors (Lipinski definition) is 4. The minimum Gasteiger partial charge on any atom is -0.404 e. The minimum absolute atomic E-state index is 0.0888. The predicted molar refractivity (Wildman–Crippen MR) is 76.1 cm³/mol. The molecule has 0 aliphatic carbocycles. The molecule has 1 saturated heterocycles. The Morgan fingerprint density at radius 1 is 1.33 bits per heavy atom. The molecule has 9 heteroatoms. The maximum absolute atomic E-state index is 12.4. The number of rotatable bonds is 3. The van der Waals surface area contributed by atoms with E-state index in [4.69, 9.17) is 0 Å². The molecule has 1 aliphatic rings. The van der Waals surface area contributed by atoms with E-state index in [0.717, 1.165) is 0 Å². The Morgan fingerprint density at radius 3 is 2.67 bits per heavy atom. The van der Waals surface area contributed by atoms with Crippen molar-refractivity contribution in [2.45, 2.75) is 25.2 Å². The van der Waals surface area contributed by atoms with Crippen LogP contribution in [0.5, 0.6) is 5.75 Å². The van der Waals surface area contributed by atoms with Crippen LogP contribution in [0.15, 0.2) is 22.7 Å². The summed E-state index contributed by atoms with van der Waals surface area (Å²) in [5.41, 5.74) is 0.123. The number of benzene rings is 1. The number of alkyl halides is 3. The second-order valence-electron chi connectivity index (χ2n) is 4.79. The van der Waals surface area contributed by atoms with Crippen LogP contribution < -0.4 is 10.1 Å². The van der Waals surface area contributed by atoms with Crippen molar-refractivity contribution < 1.29 is 26.3 Å². The van der Waals surface area contributed by atoms with Crippen LogP contribution in [0.4, 0.5) is 18.9 Å². The maximum atomic E-state index is 12.4. The number of anilines is 1. The molecule has 0 spiro atoms. The van der Waals surface area contributed by atoms with Gasteiger partial charge in [-0.2, -0.15) is 0 Å². The van der Waals surface area contributed by atoms with Gasteiger partial charge in [-0.15, -0.1) is 13.2 Å². The molecule has 1 aromatic rings. The van der Waals surface area contributed by atoms with E-state index in [2.05, 4.69) is 26.0 Å². The third-order valence-corrected chi connectivity index (χ3v) is 5.31. The molecule has 1 fully saturated rings. The third kappa shape index (κ3) is 5.06. The average Bonchev–Trinajstić information content (AvgIpc) is 2.29. The quantitative estimate of drug-likeness (QED) is 0.863. The number of ether oxygens (including phenoxy) is 1. The second kappa shape index (κ2) is 6.04. The number of halogens is 4. The van der Waals surface area contributed by atoms with Gasteiger partial charge in [0.1, 0.15) is 0 Å². The Kier molecular flexibility index (Phi) is 4.72. The highest BCUT2D eigenvalue weighted by atomic mass is 79.9. The zero-order chi connectivity index (χ0) is 15.7. The highest BCUT2D eigenvalue weighted by molar-refractivity contribution is 9.10. The first-order valence-corrected chi connectivity index (χ1v) is 8.78. The van der Waals surface area contributed by atoms with Gasteiger partial charge in [-0.1, -0.05) is 15.9 Å². The average molecular weight is 388 g/mol. The molecule has 21 heavy (non-hydrogen) atoms. The second-order valence-corrected chi connectivity index (χ2v) is 7.93. The lowest BCUT2D eigenvalue weighted by atomic mass is 10.1. The van der Waals surface area contributed by atoms with Crippen molar-refractivity contribution in [3.8, 4) is 5.75 Å². The molecule has 1 unspecified atom stereocenters. The van der Waals surface area contributed by atoms with E-state index < -0.39 is 22.2 Å². The highest BCUT2D eigenvalue weighted by Crippen LogP contribution is 2.34. The normalized spacial score (nSPS) is 21.8. The molecule has 4 nitrogen and oxygen atoms in total. The highest BCUT2D eigenvalue weighted by Gasteiger charge is 2.33. The molecular weight excluding hydrogens is 375 g/mol. The molecular formula is C12H13BrF3NO3S. The van der Waals surface area contributed by atoms with E-state index in [1.807, 2.05) is 0 Å². The van der Waals surface area contributed by atoms with Crippen LogP contribution >= 0.6 is 15.9 Å². The maximum Gasteiger partial charge on any atom is 0.573 e. The number of nitrogens with one attached hydrogen (secondary N) is 1. The van der Waals surface area contributed by atoms with Crippen molar-refractivity contribution in [1.82, 2.24) is 0 Å². The van der Waals surface area contributed by atoms with Gasteiger partial charge >= 0.3 is 6.36 Å². The van der Waals surface area contributed by atoms with Crippen LogP contribution in [0, 0.1) is 0 Å². The van der Waals surface area contributed by atoms with Gasteiger partial charge in [-0.05, 0) is 31.0 Å². The lowest BCUT2D eigenvalue weighted by Crippen LogP contribution is -2.35. The Balaban J connectivity index is 2.19. The summed E-state index contributed by atoms with van der Waals surface area (Å²) >= 11 is 3.08. The first kappa shape index (κ1) is 16.4. The van der Waals surface area contributed by atoms with Crippen molar-refractivity contribution >= 4 is 31.5 Å². The van der Waals surface area contributed by atoms with Gasteiger partial charge in [0, 0.05) is 10.5 Å². The van der Waals surface area contributed by atoms with Gasteiger partial charge in [0.15, 0.2) is 15.6 Å². The zero-order valence-electron chi connectivity index (χ0n) is 10.8. The lowest BCUT2D eigenvalue weighted by molar-refractivity contribution is -0.274. The SMILES string of the molecule is O=S1(=O)CCCC(Nc2ccc(Br)cc2OC(F)(F)F)C1. The van der Waals surface area contributed by atoms with Gasteiger partial charge in [0.2, 0.25) is 0 Å². The van der Waals surface area contributed by atoms with E-state index >= 15 is 0 Å². The molecule has 0 radical (unpaired) electrons. The standard InChI is InChI=1S/C12H13BrF3NO3S/c13-8-3-4-10(11(6-8)20-12(14,15)16)17-9-2-1-5-21(18,19)7-9/h3-4,6,9,17H,1-2,5,7H2. The molecule has 2 rings (SSSR count). The molecule has 1 aromatic carbocycles. The first-order chi connectivity index (χ1) is 9.65. The molecule has 1 atom stereocenters. The van der Waals surface area contributed by atoms with Gasteiger partial charge in [-0.3, -0.25) is 0 Å². The summed E-state index contributed by atoms with van der Waals surface area (Å²) in [7, 11) is -3.14. The van der Waals surface area contributed by atoms with Crippen molar-refractivity contribution in [2.24, 2.45) is 0 Å². The Morgan fingerprint density at radius 2 is 2.05 bits per heavy atom. The van der Waals surface area contributed by atoms with Crippen LogP contribution in [0.3, 0.4) is 0 Å². The Labute approximate surface area is 128 Å². The fraction of sp³-hybridized carbons (Fsp3) is 0.500. The summed E-state index contributed by atoms with van der Waals surface area (Å²) < 4.78 is 64.7. The molecule has 0 bridgehead atoms. The van der Waals surface area contributed by atoms with E-state index in [0.29, 0.717) is 17.3 Å². The van der Waals surface area contributed by atoms with Crippen LogP contribution in [0.1, 0.15) is 12.8 Å². The number of sulfone groups is 1. The molecule has 0 saturated carbocycles. The molecule has 1 N–H and O–H groups in total. The fourth-order valence-corrected chi connectivity index (χ4v) is 4.16. The van der Waals surface area contributed by atoms with Crippen LogP contribution in [-0.4, -0.2) is 32.3 Å². The van der Waals surface area contributed by atoms with E-state index in [-0.39, 0.29) is 22.9 Å². The summed E-state index contributed by atoms with van der Waals surface area (Å²) in [6.07, 6.45) is -3.73. The first-order valence-electron chi connectivity index (χ1n) is 6.17. The summed E-state index contributed by atoms with van der Waals surface area (Å²) in [4.78, 5) is 0. The van der Waals surface area contributed by atoms with Crippen molar-refractivity contribution in [3.05, 3.63) is 22.7 Å². The third-order valence-electron chi connectivity index (χ3n) is 2.99. The summed E-state index contributed by atoms with van der Waals surface area (Å²) in [5.74, 6) is -0.355. The van der Waals surface area contributed by atoms with Crippen LogP contribution in [0.25, 0.3) is 0 Å². The smallest absolute Gasteiger partial charge is 0.404 e. The molecule has 118 valence electrons. The van der Waals surface area contributed by atoms with E-state index in [9.17, 15) is 21.6 Å². The topological polar surface area (TPSA) is 55.4 Å². The molecule has 1 heterocycles. The van der Waals surface area contributed by atoms with Gasteiger partial charge in [0.05, 0.1) is 17.2 Å². The molecule has 0 aromatic heterocycles. The van der Waals surface area contributed by atoms with E-state index in [1.54, 1.807) is 6.07 Å². The zero-order valence-corrected chi connectivity index (χ0v) is 13.2. The van der Waals surface area contributed by atoms with Crippen molar-refractivity contribution in [2.75, 3.05) is 16.8 Å². The summed E-state index contributed by atoms with van der Waals surface area (Å²) in [6.45, 7) is 0. The Hall–Kier alpha value is -0.960.